The van der Waals surface area contributed by atoms with Gasteiger partial charge in [-0.15, -0.1) is 0 Å². The van der Waals surface area contributed by atoms with Crippen molar-refractivity contribution < 1.29 is 14.6 Å². The first-order valence-corrected chi connectivity index (χ1v) is 4.99. The van der Waals surface area contributed by atoms with Crippen LogP contribution in [0.15, 0.2) is 30.3 Å². The van der Waals surface area contributed by atoms with Crippen molar-refractivity contribution in [2.24, 2.45) is 0 Å². The molecular weight excluding hydrogens is 192 g/mol. The molecule has 0 saturated carbocycles. The van der Waals surface area contributed by atoms with Crippen LogP contribution in [0.4, 0.5) is 0 Å². The van der Waals surface area contributed by atoms with Crippen molar-refractivity contribution in [1.29, 1.82) is 0 Å². The maximum atomic E-state index is 10.7. The molecule has 1 rings (SSSR count). The predicted molar refractivity (Wildman–Crippen MR) is 57.4 cm³/mol. The molecular formula is C12H16O3. The number of esters is 1. The van der Waals surface area contributed by atoms with Crippen molar-refractivity contribution >= 4 is 5.97 Å². The summed E-state index contributed by atoms with van der Waals surface area (Å²) < 4.78 is 4.90. The third-order valence-corrected chi connectivity index (χ3v) is 2.18. The van der Waals surface area contributed by atoms with Crippen molar-refractivity contribution in [1.82, 2.24) is 0 Å². The lowest BCUT2D eigenvalue weighted by Gasteiger charge is -2.18. The van der Waals surface area contributed by atoms with E-state index in [1.54, 1.807) is 6.92 Å². The molecule has 0 aromatic heterocycles. The normalized spacial score (nSPS) is 14.3. The summed E-state index contributed by atoms with van der Waals surface area (Å²) in [4.78, 5) is 10.7. The zero-order chi connectivity index (χ0) is 11.3. The molecule has 0 heterocycles. The van der Waals surface area contributed by atoms with Crippen LogP contribution in [-0.2, 0) is 16.0 Å². The summed E-state index contributed by atoms with van der Waals surface area (Å²) in [6.07, 6.45) is -0.631. The van der Waals surface area contributed by atoms with Gasteiger partial charge in [-0.3, -0.25) is 4.79 Å². The number of rotatable bonds is 4. The molecule has 0 bridgehead atoms. The number of carbonyl (C=O) groups excluding carboxylic acids is 1. The number of aliphatic hydroxyl groups excluding tert-OH is 1. The van der Waals surface area contributed by atoms with E-state index in [1.807, 2.05) is 30.3 Å². The van der Waals surface area contributed by atoms with Gasteiger partial charge in [-0.25, -0.2) is 0 Å². The average Bonchev–Trinajstić information content (AvgIpc) is 2.18. The molecule has 0 aliphatic carbocycles. The maximum Gasteiger partial charge on any atom is 0.302 e. The lowest BCUT2D eigenvalue weighted by molar-refractivity contribution is -0.150. The number of aliphatic hydroxyl groups is 1. The first kappa shape index (κ1) is 11.7. The largest absolute Gasteiger partial charge is 0.460 e. The van der Waals surface area contributed by atoms with Crippen LogP contribution in [-0.4, -0.2) is 23.3 Å². The van der Waals surface area contributed by atoms with E-state index in [0.717, 1.165) is 5.56 Å². The highest BCUT2D eigenvalue weighted by atomic mass is 16.6. The lowest BCUT2D eigenvalue weighted by atomic mass is 10.0. The topological polar surface area (TPSA) is 46.5 Å². The van der Waals surface area contributed by atoms with Gasteiger partial charge in [0.05, 0.1) is 6.10 Å². The molecule has 15 heavy (non-hydrogen) atoms. The molecule has 82 valence electrons. The third-order valence-electron chi connectivity index (χ3n) is 2.18. The molecule has 1 N–H and O–H groups in total. The zero-order valence-corrected chi connectivity index (χ0v) is 9.01. The average molecular weight is 208 g/mol. The predicted octanol–water partition coefficient (Wildman–Crippen LogP) is 1.54. The fourth-order valence-electron chi connectivity index (χ4n) is 1.36. The number of carbonyl (C=O) groups is 1. The molecule has 1 aromatic rings. The zero-order valence-electron chi connectivity index (χ0n) is 9.01. The molecule has 0 aliphatic rings. The lowest BCUT2D eigenvalue weighted by Crippen LogP contribution is -2.29. The summed E-state index contributed by atoms with van der Waals surface area (Å²) in [7, 11) is 0. The highest BCUT2D eigenvalue weighted by Gasteiger charge is 2.16. The summed E-state index contributed by atoms with van der Waals surface area (Å²) in [5, 5.41) is 9.74. The van der Waals surface area contributed by atoms with Crippen LogP contribution in [0.1, 0.15) is 19.4 Å². The second-order valence-electron chi connectivity index (χ2n) is 3.57. The van der Waals surface area contributed by atoms with Crippen LogP contribution in [0.2, 0.25) is 0 Å². The van der Waals surface area contributed by atoms with Gasteiger partial charge < -0.3 is 9.84 Å². The Kier molecular flexibility index (Phi) is 4.31. The minimum Gasteiger partial charge on any atom is -0.460 e. The Bertz CT molecular complexity index is 308. The van der Waals surface area contributed by atoms with Crippen LogP contribution >= 0.6 is 0 Å². The first-order chi connectivity index (χ1) is 7.09. The second kappa shape index (κ2) is 5.51. The Morgan fingerprint density at radius 3 is 2.53 bits per heavy atom. The van der Waals surface area contributed by atoms with Gasteiger partial charge in [-0.05, 0) is 12.5 Å². The van der Waals surface area contributed by atoms with E-state index in [2.05, 4.69) is 0 Å². The number of ether oxygens (including phenoxy) is 1. The minimum absolute atomic E-state index is 0.366. The minimum atomic E-state index is -0.656. The summed E-state index contributed by atoms with van der Waals surface area (Å²) >= 11 is 0. The van der Waals surface area contributed by atoms with Crippen LogP contribution in [0.3, 0.4) is 0 Å². The van der Waals surface area contributed by atoms with Gasteiger partial charge in [0.1, 0.15) is 6.10 Å². The van der Waals surface area contributed by atoms with Gasteiger partial charge >= 0.3 is 5.97 Å². The van der Waals surface area contributed by atoms with E-state index in [-0.39, 0.29) is 5.97 Å². The molecule has 1 aromatic carbocycles. The summed E-state index contributed by atoms with van der Waals surface area (Å²) in [5.74, 6) is -0.366. The standard InChI is InChI=1S/C12H16O3/c1-9(15-10(2)13)12(14)8-11-6-4-3-5-7-11/h3-7,9,12,14H,8H2,1-2H3/t9-,12?/m1/s1. The monoisotopic (exact) mass is 208 g/mol. The SMILES string of the molecule is CC(=O)O[C@H](C)C(O)Cc1ccccc1. The van der Waals surface area contributed by atoms with Crippen molar-refractivity contribution in [3.05, 3.63) is 35.9 Å². The van der Waals surface area contributed by atoms with Crippen LogP contribution in [0.5, 0.6) is 0 Å². The van der Waals surface area contributed by atoms with Crippen molar-refractivity contribution in [2.45, 2.75) is 32.5 Å². The van der Waals surface area contributed by atoms with Crippen molar-refractivity contribution in [2.75, 3.05) is 0 Å². The molecule has 0 spiro atoms. The van der Waals surface area contributed by atoms with E-state index >= 15 is 0 Å². The molecule has 2 atom stereocenters. The molecule has 1 unspecified atom stereocenters. The quantitative estimate of drug-likeness (QED) is 0.763. The maximum absolute atomic E-state index is 10.7. The highest BCUT2D eigenvalue weighted by Crippen LogP contribution is 2.08. The molecule has 0 fully saturated rings. The highest BCUT2D eigenvalue weighted by molar-refractivity contribution is 5.66. The van der Waals surface area contributed by atoms with Gasteiger partial charge in [-0.2, -0.15) is 0 Å². The molecule has 3 nitrogen and oxygen atoms in total. The summed E-state index contributed by atoms with van der Waals surface area (Å²) in [6, 6.07) is 9.62. The smallest absolute Gasteiger partial charge is 0.302 e. The number of hydrogen-bond acceptors (Lipinski definition) is 3. The van der Waals surface area contributed by atoms with Crippen LogP contribution in [0.25, 0.3) is 0 Å². The van der Waals surface area contributed by atoms with Crippen LogP contribution < -0.4 is 0 Å². The van der Waals surface area contributed by atoms with E-state index in [1.165, 1.54) is 6.92 Å². The van der Waals surface area contributed by atoms with E-state index in [9.17, 15) is 9.90 Å². The van der Waals surface area contributed by atoms with Gasteiger partial charge in [0.2, 0.25) is 0 Å². The van der Waals surface area contributed by atoms with Crippen molar-refractivity contribution in [3.63, 3.8) is 0 Å². The first-order valence-electron chi connectivity index (χ1n) is 4.99. The fraction of sp³-hybridized carbons (Fsp3) is 0.417. The molecule has 0 radical (unpaired) electrons. The van der Waals surface area contributed by atoms with Gasteiger partial charge in [0.15, 0.2) is 0 Å². The van der Waals surface area contributed by atoms with Gasteiger partial charge in [0.25, 0.3) is 0 Å². The van der Waals surface area contributed by atoms with E-state index in [4.69, 9.17) is 4.74 Å². The molecule has 0 aliphatic heterocycles. The van der Waals surface area contributed by atoms with Crippen LogP contribution in [0, 0.1) is 0 Å². The van der Waals surface area contributed by atoms with E-state index in [0.29, 0.717) is 6.42 Å². The Hall–Kier alpha value is -1.35. The van der Waals surface area contributed by atoms with Gasteiger partial charge in [0, 0.05) is 13.3 Å². The molecule has 0 amide bonds. The van der Waals surface area contributed by atoms with Gasteiger partial charge in [-0.1, -0.05) is 30.3 Å². The fourth-order valence-corrected chi connectivity index (χ4v) is 1.36. The Morgan fingerprint density at radius 1 is 1.40 bits per heavy atom. The summed E-state index contributed by atoms with van der Waals surface area (Å²) in [6.45, 7) is 3.03. The van der Waals surface area contributed by atoms with E-state index < -0.39 is 12.2 Å². The Labute approximate surface area is 89.7 Å². The summed E-state index contributed by atoms with van der Waals surface area (Å²) in [5.41, 5.74) is 1.03. The number of hydrogen-bond donors (Lipinski definition) is 1. The molecule has 0 saturated heterocycles. The second-order valence-corrected chi connectivity index (χ2v) is 3.57. The Morgan fingerprint density at radius 2 is 2.00 bits per heavy atom. The van der Waals surface area contributed by atoms with Crippen molar-refractivity contribution in [3.8, 4) is 0 Å². The Balaban J connectivity index is 2.48. The number of benzene rings is 1. The third kappa shape index (κ3) is 4.13. The molecule has 3 heteroatoms.